The van der Waals surface area contributed by atoms with Crippen molar-refractivity contribution in [3.63, 3.8) is 0 Å². The summed E-state index contributed by atoms with van der Waals surface area (Å²) < 4.78 is 11.4. The molecule has 146 valence electrons. The fourth-order valence-corrected chi connectivity index (χ4v) is 3.04. The van der Waals surface area contributed by atoms with Crippen LogP contribution in [0.15, 0.2) is 54.0 Å². The van der Waals surface area contributed by atoms with Gasteiger partial charge in [-0.3, -0.25) is 4.79 Å². The Kier molecular flexibility index (Phi) is 6.86. The predicted octanol–water partition coefficient (Wildman–Crippen LogP) is 4.48. The number of nitrogens with zero attached hydrogens (tertiary/aromatic N) is 1. The number of aryl methyl sites for hydroxylation is 1. The number of benzene rings is 2. The van der Waals surface area contributed by atoms with Crippen molar-refractivity contribution < 1.29 is 14.3 Å². The molecule has 1 heterocycles. The van der Waals surface area contributed by atoms with E-state index in [-0.39, 0.29) is 12.5 Å². The average molecular weight is 398 g/mol. The maximum Gasteiger partial charge on any atom is 0.262 e. The summed E-state index contributed by atoms with van der Waals surface area (Å²) >= 11 is 1.55. The zero-order chi connectivity index (χ0) is 19.8. The van der Waals surface area contributed by atoms with Gasteiger partial charge >= 0.3 is 0 Å². The van der Waals surface area contributed by atoms with Crippen LogP contribution < -0.4 is 20.1 Å². The fraction of sp³-hybridized carbons (Fsp3) is 0.238. The third kappa shape index (κ3) is 5.72. The van der Waals surface area contributed by atoms with E-state index in [0.29, 0.717) is 24.7 Å². The Morgan fingerprint density at radius 1 is 1.11 bits per heavy atom. The van der Waals surface area contributed by atoms with Crippen molar-refractivity contribution >= 4 is 28.1 Å². The highest BCUT2D eigenvalue weighted by molar-refractivity contribution is 7.13. The van der Waals surface area contributed by atoms with Crippen molar-refractivity contribution in [2.45, 2.75) is 20.4 Å². The lowest BCUT2D eigenvalue weighted by atomic mass is 10.2. The topological polar surface area (TPSA) is 72.5 Å². The number of ether oxygens (including phenoxy) is 2. The number of hydrogen-bond donors (Lipinski definition) is 2. The summed E-state index contributed by atoms with van der Waals surface area (Å²) in [4.78, 5) is 16.4. The minimum atomic E-state index is -0.221. The van der Waals surface area contributed by atoms with Gasteiger partial charge in [0.1, 0.15) is 0 Å². The van der Waals surface area contributed by atoms with Gasteiger partial charge in [-0.05, 0) is 43.7 Å². The van der Waals surface area contributed by atoms with E-state index < -0.39 is 0 Å². The van der Waals surface area contributed by atoms with Crippen LogP contribution in [0.2, 0.25) is 0 Å². The molecule has 0 bridgehead atoms. The first-order chi connectivity index (χ1) is 13.6. The molecule has 3 aromatic rings. The second-order valence-electron chi connectivity index (χ2n) is 6.11. The Hall–Kier alpha value is -3.06. The van der Waals surface area contributed by atoms with Gasteiger partial charge in [-0.1, -0.05) is 23.8 Å². The van der Waals surface area contributed by atoms with Gasteiger partial charge in [-0.2, -0.15) is 0 Å². The van der Waals surface area contributed by atoms with Crippen molar-refractivity contribution in [1.82, 2.24) is 4.98 Å². The average Bonchev–Trinajstić information content (AvgIpc) is 3.21. The van der Waals surface area contributed by atoms with Gasteiger partial charge in [0.25, 0.3) is 5.91 Å². The maximum absolute atomic E-state index is 12.1. The second kappa shape index (κ2) is 9.75. The Labute approximate surface area is 168 Å². The number of carbonyl (C=O) groups is 1. The number of nitrogens with one attached hydrogen (secondary N) is 2. The van der Waals surface area contributed by atoms with Crippen LogP contribution in [0.3, 0.4) is 0 Å². The highest BCUT2D eigenvalue weighted by Crippen LogP contribution is 2.29. The van der Waals surface area contributed by atoms with Crippen LogP contribution >= 0.6 is 11.3 Å². The van der Waals surface area contributed by atoms with Crippen molar-refractivity contribution in [3.05, 3.63) is 65.2 Å². The molecule has 7 heteroatoms. The predicted molar refractivity (Wildman–Crippen MR) is 112 cm³/mol. The van der Waals surface area contributed by atoms with Crippen LogP contribution in [0, 0.1) is 6.92 Å². The second-order valence-corrected chi connectivity index (χ2v) is 7.00. The summed E-state index contributed by atoms with van der Waals surface area (Å²) in [6.07, 6.45) is 1.76. The van der Waals surface area contributed by atoms with Gasteiger partial charge in [0.2, 0.25) is 0 Å². The summed E-state index contributed by atoms with van der Waals surface area (Å²) in [6, 6.07) is 13.3. The molecule has 0 atom stereocenters. The van der Waals surface area contributed by atoms with Gasteiger partial charge in [0.15, 0.2) is 23.2 Å². The highest BCUT2D eigenvalue weighted by Gasteiger charge is 2.10. The van der Waals surface area contributed by atoms with E-state index in [2.05, 4.69) is 15.6 Å². The standard InChI is InChI=1S/C21H23N3O3S/c1-3-26-19-12-16(13-23-21-22-10-11-28-21)6-9-18(19)27-14-20(25)24-17-7-4-15(2)5-8-17/h4-12H,3,13-14H2,1-2H3,(H,22,23)(H,24,25). The van der Waals surface area contributed by atoms with Crippen molar-refractivity contribution in [3.8, 4) is 11.5 Å². The Morgan fingerprint density at radius 2 is 1.93 bits per heavy atom. The SMILES string of the molecule is CCOc1cc(CNc2nccs2)ccc1OCC(=O)Nc1ccc(C)cc1. The van der Waals surface area contributed by atoms with E-state index in [1.54, 1.807) is 17.5 Å². The number of thiazole rings is 1. The molecule has 2 aromatic carbocycles. The molecule has 1 amide bonds. The summed E-state index contributed by atoms with van der Waals surface area (Å²) in [5.74, 6) is 0.934. The van der Waals surface area contributed by atoms with Crippen molar-refractivity contribution in [1.29, 1.82) is 0 Å². The van der Waals surface area contributed by atoms with E-state index in [4.69, 9.17) is 9.47 Å². The van der Waals surface area contributed by atoms with Gasteiger partial charge < -0.3 is 20.1 Å². The molecular formula is C21H23N3O3S. The molecule has 0 aliphatic heterocycles. The number of amides is 1. The zero-order valence-electron chi connectivity index (χ0n) is 15.9. The lowest BCUT2D eigenvalue weighted by molar-refractivity contribution is -0.118. The first kappa shape index (κ1) is 19.7. The zero-order valence-corrected chi connectivity index (χ0v) is 16.7. The summed E-state index contributed by atoms with van der Waals surface area (Å²) in [7, 11) is 0. The van der Waals surface area contributed by atoms with Crippen molar-refractivity contribution in [2.75, 3.05) is 23.8 Å². The van der Waals surface area contributed by atoms with Crippen LogP contribution in [-0.4, -0.2) is 24.1 Å². The van der Waals surface area contributed by atoms with Crippen LogP contribution in [0.1, 0.15) is 18.1 Å². The number of anilines is 2. The largest absolute Gasteiger partial charge is 0.490 e. The third-order valence-corrected chi connectivity index (χ3v) is 4.61. The quantitative estimate of drug-likeness (QED) is 0.557. The lowest BCUT2D eigenvalue weighted by Crippen LogP contribution is -2.20. The summed E-state index contributed by atoms with van der Waals surface area (Å²) in [6.45, 7) is 4.95. The highest BCUT2D eigenvalue weighted by atomic mass is 32.1. The van der Waals surface area contributed by atoms with E-state index in [0.717, 1.165) is 21.9 Å². The van der Waals surface area contributed by atoms with Crippen LogP contribution in [0.25, 0.3) is 0 Å². The van der Waals surface area contributed by atoms with E-state index in [1.807, 2.05) is 61.7 Å². The monoisotopic (exact) mass is 397 g/mol. The number of carbonyl (C=O) groups excluding carboxylic acids is 1. The van der Waals surface area contributed by atoms with E-state index >= 15 is 0 Å². The van der Waals surface area contributed by atoms with Crippen LogP contribution in [0.5, 0.6) is 11.5 Å². The Bertz CT molecular complexity index is 896. The molecule has 0 aliphatic rings. The third-order valence-electron chi connectivity index (χ3n) is 3.88. The molecule has 3 rings (SSSR count). The molecule has 0 unspecified atom stereocenters. The lowest BCUT2D eigenvalue weighted by Gasteiger charge is -2.14. The summed E-state index contributed by atoms with van der Waals surface area (Å²) in [5.41, 5.74) is 2.92. The normalized spacial score (nSPS) is 10.4. The van der Waals surface area contributed by atoms with E-state index in [1.165, 1.54) is 0 Å². The van der Waals surface area contributed by atoms with Gasteiger partial charge in [0.05, 0.1) is 6.61 Å². The minimum absolute atomic E-state index is 0.0926. The molecule has 0 saturated heterocycles. The van der Waals surface area contributed by atoms with Crippen molar-refractivity contribution in [2.24, 2.45) is 0 Å². The van der Waals surface area contributed by atoms with E-state index in [9.17, 15) is 4.79 Å². The van der Waals surface area contributed by atoms with Crippen LogP contribution in [-0.2, 0) is 11.3 Å². The molecule has 2 N–H and O–H groups in total. The van der Waals surface area contributed by atoms with Crippen LogP contribution in [0.4, 0.5) is 10.8 Å². The smallest absolute Gasteiger partial charge is 0.262 e. The molecule has 28 heavy (non-hydrogen) atoms. The molecule has 6 nitrogen and oxygen atoms in total. The number of rotatable bonds is 9. The summed E-state index contributed by atoms with van der Waals surface area (Å²) in [5, 5.41) is 8.87. The molecule has 1 aromatic heterocycles. The molecule has 0 aliphatic carbocycles. The fourth-order valence-electron chi connectivity index (χ4n) is 2.52. The first-order valence-corrected chi connectivity index (χ1v) is 9.90. The molecule has 0 radical (unpaired) electrons. The molecule has 0 spiro atoms. The number of hydrogen-bond acceptors (Lipinski definition) is 6. The Balaban J connectivity index is 1.58. The van der Waals surface area contributed by atoms with Gasteiger partial charge in [-0.25, -0.2) is 4.98 Å². The van der Waals surface area contributed by atoms with Gasteiger partial charge in [0, 0.05) is 23.8 Å². The number of aromatic nitrogens is 1. The van der Waals surface area contributed by atoms with Gasteiger partial charge in [-0.15, -0.1) is 11.3 Å². The maximum atomic E-state index is 12.1. The molecule has 0 saturated carbocycles. The Morgan fingerprint density at radius 3 is 2.64 bits per heavy atom. The minimum Gasteiger partial charge on any atom is -0.490 e. The molecular weight excluding hydrogens is 374 g/mol. The first-order valence-electron chi connectivity index (χ1n) is 9.02. The molecule has 0 fully saturated rings.